The summed E-state index contributed by atoms with van der Waals surface area (Å²) in [7, 11) is 0. The van der Waals surface area contributed by atoms with Gasteiger partial charge in [0.1, 0.15) is 5.82 Å². The summed E-state index contributed by atoms with van der Waals surface area (Å²) < 4.78 is 2.35. The Morgan fingerprint density at radius 3 is 2.06 bits per heavy atom. The fourth-order valence-corrected chi connectivity index (χ4v) is 4.30. The molecule has 33 heavy (non-hydrogen) atoms. The van der Waals surface area contributed by atoms with Crippen molar-refractivity contribution in [1.82, 2.24) is 14.9 Å². The smallest absolute Gasteiger partial charge is 0.126 e. The minimum Gasteiger partial charge on any atom is -0.329 e. The Morgan fingerprint density at radius 1 is 0.758 bits per heavy atom. The average molecular weight is 438 g/mol. The molecule has 3 heteroatoms. The summed E-state index contributed by atoms with van der Waals surface area (Å²) >= 11 is 0. The van der Waals surface area contributed by atoms with Crippen LogP contribution in [0.25, 0.3) is 11.3 Å². The van der Waals surface area contributed by atoms with E-state index in [4.69, 9.17) is 4.98 Å². The Labute approximate surface area is 198 Å². The van der Waals surface area contributed by atoms with Crippen molar-refractivity contribution < 1.29 is 0 Å². The minimum atomic E-state index is 0.211. The Balaban J connectivity index is 1.63. The summed E-state index contributed by atoms with van der Waals surface area (Å²) in [4.78, 5) is 5.19. The lowest BCUT2D eigenvalue weighted by Crippen LogP contribution is -2.24. The standard InChI is InChI=1S/C30H35N3/c1-2-3-4-14-21-28(31-22-25-15-8-5-9-16-25)30-32-29(27-19-12-7-13-20-27)24-33(30)23-26-17-10-6-11-18-26/h5-13,15-20,24,28,31H,2-4,14,21-23H2,1H3. The molecule has 0 saturated carbocycles. The largest absolute Gasteiger partial charge is 0.329 e. The van der Waals surface area contributed by atoms with Crippen LogP contribution < -0.4 is 5.32 Å². The normalized spacial score (nSPS) is 12.0. The molecule has 4 aromatic rings. The highest BCUT2D eigenvalue weighted by Crippen LogP contribution is 2.26. The lowest BCUT2D eigenvalue weighted by atomic mass is 10.1. The van der Waals surface area contributed by atoms with E-state index in [0.717, 1.165) is 31.0 Å². The molecule has 170 valence electrons. The van der Waals surface area contributed by atoms with Crippen LogP contribution in [0.2, 0.25) is 0 Å². The molecule has 0 aliphatic rings. The summed E-state index contributed by atoms with van der Waals surface area (Å²) in [6.45, 7) is 3.94. The van der Waals surface area contributed by atoms with Gasteiger partial charge in [0, 0.05) is 24.8 Å². The molecular weight excluding hydrogens is 402 g/mol. The molecule has 0 radical (unpaired) electrons. The molecule has 1 N–H and O–H groups in total. The van der Waals surface area contributed by atoms with Crippen LogP contribution in [0, 0.1) is 0 Å². The first kappa shape index (κ1) is 23.0. The van der Waals surface area contributed by atoms with Gasteiger partial charge in [0.15, 0.2) is 0 Å². The SMILES string of the molecule is CCCCCCC(NCc1ccccc1)c1nc(-c2ccccc2)cn1Cc1ccccc1. The number of imidazole rings is 1. The van der Waals surface area contributed by atoms with Crippen LogP contribution in [0.3, 0.4) is 0 Å². The maximum absolute atomic E-state index is 5.19. The molecule has 3 nitrogen and oxygen atoms in total. The van der Waals surface area contributed by atoms with E-state index < -0.39 is 0 Å². The van der Waals surface area contributed by atoms with Crippen LogP contribution in [-0.2, 0) is 13.1 Å². The van der Waals surface area contributed by atoms with Gasteiger partial charge in [-0.2, -0.15) is 0 Å². The van der Waals surface area contributed by atoms with Gasteiger partial charge >= 0.3 is 0 Å². The summed E-state index contributed by atoms with van der Waals surface area (Å²) in [6, 6.07) is 32.1. The molecule has 0 spiro atoms. The van der Waals surface area contributed by atoms with Crippen LogP contribution >= 0.6 is 0 Å². The van der Waals surface area contributed by atoms with E-state index in [2.05, 4.69) is 114 Å². The number of aromatic nitrogens is 2. The lowest BCUT2D eigenvalue weighted by Gasteiger charge is -2.20. The van der Waals surface area contributed by atoms with Crippen molar-refractivity contribution in [2.45, 2.75) is 58.2 Å². The first-order valence-electron chi connectivity index (χ1n) is 12.3. The van der Waals surface area contributed by atoms with Gasteiger partial charge in [-0.1, -0.05) is 124 Å². The number of hydrogen-bond acceptors (Lipinski definition) is 2. The molecule has 0 aliphatic carbocycles. The van der Waals surface area contributed by atoms with Crippen LogP contribution in [0.4, 0.5) is 0 Å². The number of nitrogens with one attached hydrogen (secondary N) is 1. The number of hydrogen-bond donors (Lipinski definition) is 1. The zero-order valence-corrected chi connectivity index (χ0v) is 19.7. The second-order valence-corrected chi connectivity index (χ2v) is 8.73. The van der Waals surface area contributed by atoms with E-state index in [1.54, 1.807) is 0 Å². The zero-order chi connectivity index (χ0) is 22.7. The molecule has 3 aromatic carbocycles. The monoisotopic (exact) mass is 437 g/mol. The van der Waals surface area contributed by atoms with Crippen molar-refractivity contribution in [3.05, 3.63) is 114 Å². The number of benzene rings is 3. The molecule has 1 unspecified atom stereocenters. The summed E-state index contributed by atoms with van der Waals surface area (Å²) in [6.07, 6.45) is 8.33. The molecular formula is C30H35N3. The van der Waals surface area contributed by atoms with Crippen LogP contribution in [0.1, 0.15) is 62.0 Å². The number of nitrogens with zero attached hydrogens (tertiary/aromatic N) is 2. The van der Waals surface area contributed by atoms with Crippen molar-refractivity contribution in [2.75, 3.05) is 0 Å². The van der Waals surface area contributed by atoms with Crippen LogP contribution in [0.15, 0.2) is 97.2 Å². The third-order valence-electron chi connectivity index (χ3n) is 6.13. The van der Waals surface area contributed by atoms with E-state index >= 15 is 0 Å². The zero-order valence-electron chi connectivity index (χ0n) is 19.7. The fourth-order valence-electron chi connectivity index (χ4n) is 4.30. The third kappa shape index (κ3) is 6.66. The Morgan fingerprint density at radius 2 is 1.39 bits per heavy atom. The lowest BCUT2D eigenvalue weighted by molar-refractivity contribution is 0.437. The highest BCUT2D eigenvalue weighted by atomic mass is 15.1. The quantitative estimate of drug-likeness (QED) is 0.234. The Hall–Kier alpha value is -3.17. The van der Waals surface area contributed by atoms with E-state index in [9.17, 15) is 0 Å². The van der Waals surface area contributed by atoms with Crippen molar-refractivity contribution in [3.8, 4) is 11.3 Å². The fraction of sp³-hybridized carbons (Fsp3) is 0.300. The first-order chi connectivity index (χ1) is 16.3. The minimum absolute atomic E-state index is 0.211. The van der Waals surface area contributed by atoms with E-state index in [1.807, 2.05) is 0 Å². The van der Waals surface area contributed by atoms with Gasteiger partial charge in [-0.3, -0.25) is 0 Å². The average Bonchev–Trinajstić information content (AvgIpc) is 3.29. The van der Waals surface area contributed by atoms with Crippen LogP contribution in [0.5, 0.6) is 0 Å². The van der Waals surface area contributed by atoms with Gasteiger partial charge in [-0.05, 0) is 17.5 Å². The van der Waals surface area contributed by atoms with Gasteiger partial charge in [0.25, 0.3) is 0 Å². The molecule has 0 aliphatic heterocycles. The van der Waals surface area contributed by atoms with E-state index in [-0.39, 0.29) is 6.04 Å². The van der Waals surface area contributed by atoms with Gasteiger partial charge in [-0.15, -0.1) is 0 Å². The van der Waals surface area contributed by atoms with Crippen molar-refractivity contribution in [1.29, 1.82) is 0 Å². The van der Waals surface area contributed by atoms with Gasteiger partial charge in [-0.25, -0.2) is 4.98 Å². The molecule has 1 atom stereocenters. The Bertz CT molecular complexity index is 1070. The predicted molar refractivity (Wildman–Crippen MR) is 138 cm³/mol. The van der Waals surface area contributed by atoms with E-state index in [1.165, 1.54) is 42.4 Å². The van der Waals surface area contributed by atoms with Crippen molar-refractivity contribution >= 4 is 0 Å². The highest BCUT2D eigenvalue weighted by Gasteiger charge is 2.19. The van der Waals surface area contributed by atoms with Crippen molar-refractivity contribution in [2.24, 2.45) is 0 Å². The van der Waals surface area contributed by atoms with E-state index in [0.29, 0.717) is 0 Å². The van der Waals surface area contributed by atoms with Gasteiger partial charge in [0.2, 0.25) is 0 Å². The van der Waals surface area contributed by atoms with Gasteiger partial charge in [0.05, 0.1) is 11.7 Å². The highest BCUT2D eigenvalue weighted by molar-refractivity contribution is 5.58. The topological polar surface area (TPSA) is 29.9 Å². The summed E-state index contributed by atoms with van der Waals surface area (Å²) in [5.41, 5.74) is 4.81. The molecule has 4 rings (SSSR count). The molecule has 1 aromatic heterocycles. The number of rotatable bonds is 12. The third-order valence-corrected chi connectivity index (χ3v) is 6.13. The predicted octanol–water partition coefficient (Wildman–Crippen LogP) is 7.40. The molecule has 0 bridgehead atoms. The second-order valence-electron chi connectivity index (χ2n) is 8.73. The first-order valence-corrected chi connectivity index (χ1v) is 12.3. The summed E-state index contributed by atoms with van der Waals surface area (Å²) in [5.74, 6) is 1.13. The Kier molecular flexibility index (Phi) is 8.49. The maximum atomic E-state index is 5.19. The second kappa shape index (κ2) is 12.2. The number of unbranched alkanes of at least 4 members (excludes halogenated alkanes) is 3. The molecule has 0 saturated heterocycles. The van der Waals surface area contributed by atoms with Crippen LogP contribution in [-0.4, -0.2) is 9.55 Å². The molecule has 0 amide bonds. The molecule has 1 heterocycles. The van der Waals surface area contributed by atoms with Crippen molar-refractivity contribution in [3.63, 3.8) is 0 Å². The van der Waals surface area contributed by atoms with Gasteiger partial charge < -0.3 is 9.88 Å². The maximum Gasteiger partial charge on any atom is 0.126 e. The molecule has 0 fully saturated rings. The summed E-state index contributed by atoms with van der Waals surface area (Å²) in [5, 5.41) is 3.84.